The Morgan fingerprint density at radius 3 is 2.67 bits per heavy atom. The lowest BCUT2D eigenvalue weighted by Crippen LogP contribution is -2.35. The van der Waals surface area contributed by atoms with Crippen LogP contribution in [0.15, 0.2) is 25.0 Å². The Bertz CT molecular complexity index is 727. The Morgan fingerprint density at radius 1 is 1.42 bits per heavy atom. The van der Waals surface area contributed by atoms with Crippen molar-refractivity contribution in [1.29, 1.82) is 0 Å². The molecule has 2 heterocycles. The molecule has 2 rings (SSSR count). The fourth-order valence-electron chi connectivity index (χ4n) is 2.35. The predicted molar refractivity (Wildman–Crippen MR) is 96.7 cm³/mol. The standard InChI is InChI=1S/C18H27N5O/c1-12-10-23(22-17(12)13(2)19)11-15-16(24-6)7-14(8-20-15)9-21-18(3,4)5/h7-8,10,21H,2,9,11,19H2,1,3-6H3. The van der Waals surface area contributed by atoms with Crippen LogP contribution in [0, 0.1) is 6.92 Å². The summed E-state index contributed by atoms with van der Waals surface area (Å²) in [5.41, 5.74) is 9.89. The van der Waals surface area contributed by atoms with Crippen molar-refractivity contribution in [1.82, 2.24) is 20.1 Å². The summed E-state index contributed by atoms with van der Waals surface area (Å²) in [5.74, 6) is 0.754. The molecule has 0 bridgehead atoms. The van der Waals surface area contributed by atoms with Crippen LogP contribution in [-0.2, 0) is 13.1 Å². The van der Waals surface area contributed by atoms with E-state index in [4.69, 9.17) is 10.5 Å². The van der Waals surface area contributed by atoms with Gasteiger partial charge in [0, 0.05) is 24.5 Å². The van der Waals surface area contributed by atoms with Crippen molar-refractivity contribution in [2.45, 2.75) is 46.3 Å². The lowest BCUT2D eigenvalue weighted by Gasteiger charge is -2.20. The molecule has 130 valence electrons. The van der Waals surface area contributed by atoms with E-state index < -0.39 is 0 Å². The summed E-state index contributed by atoms with van der Waals surface area (Å²) in [6.07, 6.45) is 3.80. The number of pyridine rings is 1. The van der Waals surface area contributed by atoms with E-state index in [0.29, 0.717) is 12.2 Å². The van der Waals surface area contributed by atoms with Crippen molar-refractivity contribution in [2.24, 2.45) is 5.73 Å². The van der Waals surface area contributed by atoms with Crippen molar-refractivity contribution in [3.05, 3.63) is 47.6 Å². The average Bonchev–Trinajstić information content (AvgIpc) is 2.86. The summed E-state index contributed by atoms with van der Waals surface area (Å²) < 4.78 is 7.31. The number of nitrogens with one attached hydrogen (secondary N) is 1. The molecule has 24 heavy (non-hydrogen) atoms. The highest BCUT2D eigenvalue weighted by molar-refractivity contribution is 5.59. The zero-order chi connectivity index (χ0) is 17.9. The van der Waals surface area contributed by atoms with Gasteiger partial charge < -0.3 is 15.8 Å². The van der Waals surface area contributed by atoms with E-state index in [-0.39, 0.29) is 5.54 Å². The molecule has 2 aromatic rings. The molecule has 6 heteroatoms. The number of ether oxygens (including phenoxy) is 1. The van der Waals surface area contributed by atoms with Gasteiger partial charge in [0.15, 0.2) is 0 Å². The minimum absolute atomic E-state index is 0.0551. The second kappa shape index (κ2) is 7.05. The quantitative estimate of drug-likeness (QED) is 0.851. The Kier molecular flexibility index (Phi) is 5.29. The maximum absolute atomic E-state index is 5.75. The van der Waals surface area contributed by atoms with Crippen molar-refractivity contribution < 1.29 is 4.74 Å². The Balaban J connectivity index is 2.18. The van der Waals surface area contributed by atoms with E-state index in [1.807, 2.05) is 25.4 Å². The van der Waals surface area contributed by atoms with Crippen molar-refractivity contribution in [3.8, 4) is 5.75 Å². The smallest absolute Gasteiger partial charge is 0.142 e. The number of aromatic nitrogens is 3. The van der Waals surface area contributed by atoms with Gasteiger partial charge in [-0.2, -0.15) is 5.10 Å². The number of hydrogen-bond donors (Lipinski definition) is 2. The van der Waals surface area contributed by atoms with Crippen molar-refractivity contribution >= 4 is 5.70 Å². The lowest BCUT2D eigenvalue weighted by atomic mass is 10.1. The number of nitrogens with zero attached hydrogens (tertiary/aromatic N) is 3. The Morgan fingerprint density at radius 2 is 2.12 bits per heavy atom. The number of methoxy groups -OCH3 is 1. The molecule has 6 nitrogen and oxygen atoms in total. The molecule has 0 amide bonds. The van der Waals surface area contributed by atoms with E-state index in [9.17, 15) is 0 Å². The van der Waals surface area contributed by atoms with Crippen LogP contribution in [0.25, 0.3) is 5.70 Å². The van der Waals surface area contributed by atoms with Gasteiger partial charge in [0.1, 0.15) is 17.1 Å². The first-order chi connectivity index (χ1) is 11.2. The maximum atomic E-state index is 5.75. The third-order valence-corrected chi connectivity index (χ3v) is 3.59. The van der Waals surface area contributed by atoms with Crippen LogP contribution in [-0.4, -0.2) is 27.4 Å². The van der Waals surface area contributed by atoms with E-state index in [1.165, 1.54) is 0 Å². The van der Waals surface area contributed by atoms with Gasteiger partial charge in [-0.05, 0) is 44.9 Å². The molecule has 0 spiro atoms. The van der Waals surface area contributed by atoms with Gasteiger partial charge in [-0.15, -0.1) is 0 Å². The van der Waals surface area contributed by atoms with Crippen LogP contribution in [0.1, 0.15) is 43.3 Å². The van der Waals surface area contributed by atoms with Gasteiger partial charge in [-0.25, -0.2) is 0 Å². The van der Waals surface area contributed by atoms with E-state index in [2.05, 4.69) is 42.7 Å². The summed E-state index contributed by atoms with van der Waals surface area (Å²) in [6.45, 7) is 13.4. The summed E-state index contributed by atoms with van der Waals surface area (Å²) in [4.78, 5) is 4.55. The SMILES string of the molecule is C=C(N)c1nn(Cc2ncc(CNC(C)(C)C)cc2OC)cc1C. The van der Waals surface area contributed by atoms with Crippen LogP contribution in [0.2, 0.25) is 0 Å². The molecule has 0 radical (unpaired) electrons. The van der Waals surface area contributed by atoms with Gasteiger partial charge in [-0.3, -0.25) is 9.67 Å². The molecule has 0 aliphatic carbocycles. The highest BCUT2D eigenvalue weighted by atomic mass is 16.5. The van der Waals surface area contributed by atoms with Crippen LogP contribution in [0.3, 0.4) is 0 Å². The molecule has 0 aromatic carbocycles. The summed E-state index contributed by atoms with van der Waals surface area (Å²) >= 11 is 0. The molecular weight excluding hydrogens is 302 g/mol. The highest BCUT2D eigenvalue weighted by Gasteiger charge is 2.13. The third kappa shape index (κ3) is 4.58. The Labute approximate surface area is 143 Å². The van der Waals surface area contributed by atoms with Crippen molar-refractivity contribution in [2.75, 3.05) is 7.11 Å². The maximum Gasteiger partial charge on any atom is 0.142 e. The number of aryl methyl sites for hydroxylation is 1. The molecule has 0 unspecified atom stereocenters. The summed E-state index contributed by atoms with van der Waals surface area (Å²) in [6, 6.07) is 2.01. The van der Waals surface area contributed by atoms with Crippen LogP contribution < -0.4 is 15.8 Å². The number of rotatable bonds is 6. The van der Waals surface area contributed by atoms with Crippen molar-refractivity contribution in [3.63, 3.8) is 0 Å². The van der Waals surface area contributed by atoms with Gasteiger partial charge in [0.05, 0.1) is 19.4 Å². The molecule has 0 atom stereocenters. The number of nitrogens with two attached hydrogens (primary N) is 1. The lowest BCUT2D eigenvalue weighted by molar-refractivity contribution is 0.399. The first-order valence-electron chi connectivity index (χ1n) is 7.95. The summed E-state index contributed by atoms with van der Waals surface area (Å²) in [5, 5.41) is 7.90. The molecule has 0 saturated carbocycles. The minimum atomic E-state index is 0.0551. The van der Waals surface area contributed by atoms with Gasteiger partial charge in [0.25, 0.3) is 0 Å². The van der Waals surface area contributed by atoms with Gasteiger partial charge >= 0.3 is 0 Å². The average molecular weight is 329 g/mol. The highest BCUT2D eigenvalue weighted by Crippen LogP contribution is 2.20. The van der Waals surface area contributed by atoms with Crippen LogP contribution in [0.5, 0.6) is 5.75 Å². The fraction of sp³-hybridized carbons (Fsp3) is 0.444. The third-order valence-electron chi connectivity index (χ3n) is 3.59. The number of hydrogen-bond acceptors (Lipinski definition) is 5. The van der Waals surface area contributed by atoms with Gasteiger partial charge in [-0.1, -0.05) is 6.58 Å². The molecule has 0 aliphatic heterocycles. The monoisotopic (exact) mass is 329 g/mol. The van der Waals surface area contributed by atoms with E-state index >= 15 is 0 Å². The second-order valence-electron chi connectivity index (χ2n) is 6.98. The Hall–Kier alpha value is -2.34. The first kappa shape index (κ1) is 18.0. The van der Waals surface area contributed by atoms with E-state index in [0.717, 1.165) is 34.8 Å². The van der Waals surface area contributed by atoms with E-state index in [1.54, 1.807) is 11.8 Å². The molecule has 2 aromatic heterocycles. The summed E-state index contributed by atoms with van der Waals surface area (Å²) in [7, 11) is 1.66. The zero-order valence-electron chi connectivity index (χ0n) is 15.2. The predicted octanol–water partition coefficient (Wildman–Crippen LogP) is 2.46. The topological polar surface area (TPSA) is 78.0 Å². The zero-order valence-corrected chi connectivity index (χ0v) is 15.2. The molecule has 0 aliphatic rings. The molecule has 3 N–H and O–H groups in total. The van der Waals surface area contributed by atoms with Crippen LogP contribution >= 0.6 is 0 Å². The van der Waals surface area contributed by atoms with Gasteiger partial charge in [0.2, 0.25) is 0 Å². The molecule has 0 saturated heterocycles. The molecular formula is C18H27N5O. The largest absolute Gasteiger partial charge is 0.495 e. The fourth-order valence-corrected chi connectivity index (χ4v) is 2.35. The molecule has 0 fully saturated rings. The minimum Gasteiger partial charge on any atom is -0.495 e. The first-order valence-corrected chi connectivity index (χ1v) is 7.95. The second-order valence-corrected chi connectivity index (χ2v) is 6.98. The normalized spacial score (nSPS) is 11.5. The van der Waals surface area contributed by atoms with Crippen LogP contribution in [0.4, 0.5) is 0 Å².